The molecule has 0 fully saturated rings. The summed E-state index contributed by atoms with van der Waals surface area (Å²) in [6.45, 7) is 6.57. The van der Waals surface area contributed by atoms with Gasteiger partial charge in [-0.2, -0.15) is 0 Å². The van der Waals surface area contributed by atoms with Gasteiger partial charge in [-0.1, -0.05) is 371 Å². The van der Waals surface area contributed by atoms with Gasteiger partial charge in [-0.15, -0.1) is 0 Å². The van der Waals surface area contributed by atoms with E-state index in [1.165, 1.54) is 276 Å². The summed E-state index contributed by atoms with van der Waals surface area (Å²) >= 11 is 0. The summed E-state index contributed by atoms with van der Waals surface area (Å²) in [5.41, 5.74) is 0. The number of unbranched alkanes of at least 4 members (excludes halogenated alkanes) is 49. The number of allylic oxidation sites excluding steroid dienone is 8. The first-order valence-electron chi connectivity index (χ1n) is 36.6. The molecule has 0 aliphatic carbocycles. The number of hydrogen-bond acceptors (Lipinski definition) is 6. The Bertz CT molecular complexity index is 1410. The second-order valence-electron chi connectivity index (χ2n) is 24.8. The maximum Gasteiger partial charge on any atom is 0.306 e. The van der Waals surface area contributed by atoms with Crippen molar-refractivity contribution < 1.29 is 28.6 Å². The van der Waals surface area contributed by atoms with Gasteiger partial charge in [0.25, 0.3) is 0 Å². The van der Waals surface area contributed by atoms with E-state index in [-0.39, 0.29) is 31.1 Å². The Kier molecular flexibility index (Phi) is 68.6. The van der Waals surface area contributed by atoms with Crippen LogP contribution in [0.25, 0.3) is 0 Å². The van der Waals surface area contributed by atoms with Crippen molar-refractivity contribution in [2.75, 3.05) is 13.2 Å². The minimum atomic E-state index is -0.788. The highest BCUT2D eigenvalue weighted by molar-refractivity contribution is 5.71. The van der Waals surface area contributed by atoms with Gasteiger partial charge < -0.3 is 14.2 Å². The molecule has 0 aliphatic heterocycles. The fourth-order valence-corrected chi connectivity index (χ4v) is 11.1. The highest BCUT2D eigenvalue weighted by Crippen LogP contribution is 2.19. The summed E-state index contributed by atoms with van der Waals surface area (Å²) in [5.74, 6) is -0.896. The first-order valence-corrected chi connectivity index (χ1v) is 36.6. The van der Waals surface area contributed by atoms with Crippen LogP contribution in [-0.4, -0.2) is 37.2 Å². The number of rotatable bonds is 68. The zero-order valence-corrected chi connectivity index (χ0v) is 55.3. The Morgan fingerprint density at radius 1 is 0.256 bits per heavy atom. The molecule has 0 aromatic carbocycles. The van der Waals surface area contributed by atoms with Crippen LogP contribution >= 0.6 is 0 Å². The van der Waals surface area contributed by atoms with Crippen molar-refractivity contribution >= 4 is 17.9 Å². The average Bonchev–Trinajstić information content (AvgIpc) is 3.47. The average molecular weight is 1150 g/mol. The van der Waals surface area contributed by atoms with Gasteiger partial charge in [0.15, 0.2) is 6.10 Å². The van der Waals surface area contributed by atoms with E-state index in [1.54, 1.807) is 0 Å². The van der Waals surface area contributed by atoms with Gasteiger partial charge in [0.05, 0.1) is 0 Å². The molecule has 0 saturated carbocycles. The van der Waals surface area contributed by atoms with E-state index < -0.39 is 6.10 Å². The molecule has 0 aromatic heterocycles. The van der Waals surface area contributed by atoms with E-state index in [4.69, 9.17) is 14.2 Å². The highest BCUT2D eigenvalue weighted by atomic mass is 16.6. The summed E-state index contributed by atoms with van der Waals surface area (Å²) < 4.78 is 17.0. The van der Waals surface area contributed by atoms with Crippen molar-refractivity contribution in [3.63, 3.8) is 0 Å². The Labute approximate surface area is 511 Å². The van der Waals surface area contributed by atoms with E-state index in [0.29, 0.717) is 19.3 Å². The number of hydrogen-bond donors (Lipinski definition) is 0. The summed E-state index contributed by atoms with van der Waals surface area (Å²) in [7, 11) is 0. The van der Waals surface area contributed by atoms with Gasteiger partial charge in [-0.05, 0) is 57.8 Å². The molecule has 6 nitrogen and oxygen atoms in total. The second-order valence-corrected chi connectivity index (χ2v) is 24.8. The maximum atomic E-state index is 12.9. The fraction of sp³-hybridized carbons (Fsp3) is 0.855. The molecule has 0 aromatic rings. The van der Waals surface area contributed by atoms with Gasteiger partial charge in [0.1, 0.15) is 13.2 Å². The van der Waals surface area contributed by atoms with Crippen LogP contribution in [0.4, 0.5) is 0 Å². The third-order valence-electron chi connectivity index (χ3n) is 16.6. The van der Waals surface area contributed by atoms with E-state index in [1.807, 2.05) is 0 Å². The summed E-state index contributed by atoms with van der Waals surface area (Å²) in [6, 6.07) is 0. The topological polar surface area (TPSA) is 78.9 Å². The molecule has 6 heteroatoms. The Morgan fingerprint density at radius 2 is 0.476 bits per heavy atom. The minimum Gasteiger partial charge on any atom is -0.462 e. The van der Waals surface area contributed by atoms with Crippen LogP contribution in [0.15, 0.2) is 48.6 Å². The molecule has 0 spiro atoms. The largest absolute Gasteiger partial charge is 0.462 e. The highest BCUT2D eigenvalue weighted by Gasteiger charge is 2.19. The summed E-state index contributed by atoms with van der Waals surface area (Å²) in [4.78, 5) is 38.4. The van der Waals surface area contributed by atoms with Crippen LogP contribution in [0.1, 0.15) is 400 Å². The van der Waals surface area contributed by atoms with Crippen molar-refractivity contribution in [1.82, 2.24) is 0 Å². The third-order valence-corrected chi connectivity index (χ3v) is 16.6. The van der Waals surface area contributed by atoms with E-state index in [2.05, 4.69) is 69.4 Å². The van der Waals surface area contributed by atoms with E-state index in [0.717, 1.165) is 83.5 Å². The van der Waals surface area contributed by atoms with Crippen molar-refractivity contribution in [2.24, 2.45) is 0 Å². The first-order chi connectivity index (χ1) is 40.5. The molecule has 0 rings (SSSR count). The lowest BCUT2D eigenvalue weighted by molar-refractivity contribution is -0.167. The monoisotopic (exact) mass is 1150 g/mol. The molecule has 82 heavy (non-hydrogen) atoms. The second kappa shape index (κ2) is 70.9. The smallest absolute Gasteiger partial charge is 0.306 e. The van der Waals surface area contributed by atoms with Crippen LogP contribution < -0.4 is 0 Å². The molecule has 0 amide bonds. The quantitative estimate of drug-likeness (QED) is 0.0261. The van der Waals surface area contributed by atoms with Crippen molar-refractivity contribution in [3.8, 4) is 0 Å². The molecule has 1 atom stereocenters. The molecule has 0 heterocycles. The van der Waals surface area contributed by atoms with Crippen molar-refractivity contribution in [1.29, 1.82) is 0 Å². The molecular formula is C76H140O6. The Balaban J connectivity index is 4.18. The molecule has 0 N–H and O–H groups in total. The lowest BCUT2D eigenvalue weighted by Crippen LogP contribution is -2.30. The zero-order chi connectivity index (χ0) is 59.2. The maximum absolute atomic E-state index is 12.9. The van der Waals surface area contributed by atoms with Crippen LogP contribution in [0.5, 0.6) is 0 Å². The lowest BCUT2D eigenvalue weighted by Gasteiger charge is -2.18. The van der Waals surface area contributed by atoms with Crippen molar-refractivity contribution in [3.05, 3.63) is 48.6 Å². The van der Waals surface area contributed by atoms with Gasteiger partial charge in [0.2, 0.25) is 0 Å². The predicted molar refractivity (Wildman–Crippen MR) is 358 cm³/mol. The lowest BCUT2D eigenvalue weighted by atomic mass is 10.0. The van der Waals surface area contributed by atoms with Gasteiger partial charge in [-0.25, -0.2) is 0 Å². The zero-order valence-electron chi connectivity index (χ0n) is 55.3. The molecular weight excluding hydrogens is 1010 g/mol. The third kappa shape index (κ3) is 68.2. The first kappa shape index (κ1) is 79.4. The van der Waals surface area contributed by atoms with Crippen molar-refractivity contribution in [2.45, 2.75) is 406 Å². The SMILES string of the molecule is CC/C=C\C/C=C\C/C=C\C/C=C\CCCCC(=O)OCC(COC(=O)CCCCCCCCCCCCCCCCCCCCCCCCCCCCCCCCC)OC(=O)CCCCCCCCCCCCCCCCCCCC. The minimum absolute atomic E-state index is 0.0809. The van der Waals surface area contributed by atoms with Gasteiger partial charge in [0, 0.05) is 19.3 Å². The molecule has 1 unspecified atom stereocenters. The molecule has 0 radical (unpaired) electrons. The Hall–Kier alpha value is -2.63. The number of carbonyl (C=O) groups is 3. The molecule has 480 valence electrons. The van der Waals surface area contributed by atoms with Gasteiger partial charge in [-0.3, -0.25) is 14.4 Å². The van der Waals surface area contributed by atoms with E-state index >= 15 is 0 Å². The summed E-state index contributed by atoms with van der Waals surface area (Å²) in [6.07, 6.45) is 90.3. The molecule has 0 bridgehead atoms. The van der Waals surface area contributed by atoms with E-state index in [9.17, 15) is 14.4 Å². The fourth-order valence-electron chi connectivity index (χ4n) is 11.1. The number of ether oxygens (including phenoxy) is 3. The standard InChI is InChI=1S/C76H140O6/c1-4-7-10-13-16-19-22-25-28-30-32-33-34-35-36-37-38-39-40-41-42-43-44-46-48-51-54-57-60-63-66-69-75(78)81-72-73(71-80-74(77)68-65-62-59-56-53-50-47-27-24-21-18-15-12-9-6-3)82-76(79)70-67-64-61-58-55-52-49-45-31-29-26-23-20-17-14-11-8-5-2/h9,12,18,21,27,47,53,56,73H,4-8,10-11,13-17,19-20,22-26,28-46,48-52,54-55,57-72H2,1-3H3/b12-9-,21-18-,47-27-,56-53-. The summed E-state index contributed by atoms with van der Waals surface area (Å²) in [5, 5.41) is 0. The number of esters is 3. The predicted octanol–water partition coefficient (Wildman–Crippen LogP) is 25.3. The van der Waals surface area contributed by atoms with Crippen LogP contribution in [0.3, 0.4) is 0 Å². The van der Waals surface area contributed by atoms with Crippen LogP contribution in [0, 0.1) is 0 Å². The van der Waals surface area contributed by atoms with Crippen LogP contribution in [-0.2, 0) is 28.6 Å². The normalized spacial score (nSPS) is 12.3. The van der Waals surface area contributed by atoms with Gasteiger partial charge >= 0.3 is 17.9 Å². The molecule has 0 aliphatic rings. The Morgan fingerprint density at radius 3 is 0.744 bits per heavy atom. The molecule has 0 saturated heterocycles. The number of carbonyl (C=O) groups excluding carboxylic acids is 3. The van der Waals surface area contributed by atoms with Crippen LogP contribution in [0.2, 0.25) is 0 Å².